The number of H-pyrrole nitrogens is 1. The number of aromatic nitrogens is 2. The van der Waals surface area contributed by atoms with Gasteiger partial charge in [0.2, 0.25) is 12.5 Å². The molecule has 0 fully saturated rings. The van der Waals surface area contributed by atoms with Gasteiger partial charge in [0, 0.05) is 5.02 Å². The maximum absolute atomic E-state index is 12.3. The molecule has 0 saturated heterocycles. The molecular weight excluding hydrogens is 379 g/mol. The third-order valence-electron chi connectivity index (χ3n) is 3.87. The lowest BCUT2D eigenvalue weighted by atomic mass is 10.1. The summed E-state index contributed by atoms with van der Waals surface area (Å²) >= 11 is 12.3. The zero-order valence-electron chi connectivity index (χ0n) is 13.5. The van der Waals surface area contributed by atoms with Crippen LogP contribution in [0.2, 0.25) is 5.02 Å². The molecule has 3 aromatic rings. The molecule has 0 bridgehead atoms. The minimum absolute atomic E-state index is 0.134. The van der Waals surface area contributed by atoms with Gasteiger partial charge in [0.15, 0.2) is 17.3 Å². The van der Waals surface area contributed by atoms with Crippen LogP contribution >= 0.6 is 23.2 Å². The Labute approximate surface area is 157 Å². The molecule has 26 heavy (non-hydrogen) atoms. The molecule has 0 saturated carbocycles. The molecule has 8 heteroatoms. The third kappa shape index (κ3) is 2.98. The molecule has 0 aliphatic carbocycles. The van der Waals surface area contributed by atoms with E-state index in [1.54, 1.807) is 43.5 Å². The van der Waals surface area contributed by atoms with Gasteiger partial charge < -0.3 is 19.2 Å². The number of halogens is 2. The molecule has 0 radical (unpaired) electrons. The van der Waals surface area contributed by atoms with E-state index in [0.717, 1.165) is 5.56 Å². The highest BCUT2D eigenvalue weighted by Crippen LogP contribution is 2.42. The van der Waals surface area contributed by atoms with Gasteiger partial charge >= 0.3 is 0 Å². The van der Waals surface area contributed by atoms with Gasteiger partial charge in [-0.1, -0.05) is 23.2 Å². The summed E-state index contributed by atoms with van der Waals surface area (Å²) in [5.74, 6) is 1.90. The fourth-order valence-electron chi connectivity index (χ4n) is 2.67. The molecule has 1 aliphatic rings. The number of fused-ring (bicyclic) bond motifs is 2. The van der Waals surface area contributed by atoms with Crippen LogP contribution in [0.3, 0.4) is 0 Å². The van der Waals surface area contributed by atoms with E-state index in [1.807, 2.05) is 0 Å². The summed E-state index contributed by atoms with van der Waals surface area (Å²) in [4.78, 5) is 19.3. The number of hydrogen-bond acceptors (Lipinski definition) is 5. The first-order chi connectivity index (χ1) is 12.5. The Morgan fingerprint density at radius 2 is 2.15 bits per heavy atom. The average molecular weight is 391 g/mol. The molecule has 6 nitrogen and oxygen atoms in total. The zero-order valence-corrected chi connectivity index (χ0v) is 15.0. The number of benzene rings is 2. The van der Waals surface area contributed by atoms with Crippen molar-refractivity contribution in [1.82, 2.24) is 9.97 Å². The van der Waals surface area contributed by atoms with Crippen LogP contribution in [-0.2, 0) is 0 Å². The van der Waals surface area contributed by atoms with Crippen LogP contribution in [0.5, 0.6) is 17.2 Å². The van der Waals surface area contributed by atoms with Crippen LogP contribution in [0.15, 0.2) is 35.1 Å². The lowest BCUT2D eigenvalue weighted by Crippen LogP contribution is -2.10. The fourth-order valence-corrected chi connectivity index (χ4v) is 3.06. The van der Waals surface area contributed by atoms with Crippen molar-refractivity contribution in [3.8, 4) is 17.2 Å². The quantitative estimate of drug-likeness (QED) is 0.729. The van der Waals surface area contributed by atoms with Crippen molar-refractivity contribution in [2.24, 2.45) is 0 Å². The van der Waals surface area contributed by atoms with E-state index in [2.05, 4.69) is 9.97 Å². The Morgan fingerprint density at radius 3 is 2.96 bits per heavy atom. The zero-order chi connectivity index (χ0) is 18.3. The molecule has 1 aliphatic heterocycles. The van der Waals surface area contributed by atoms with Crippen LogP contribution in [0.4, 0.5) is 0 Å². The Bertz CT molecular complexity index is 1110. The van der Waals surface area contributed by atoms with Gasteiger partial charge in [-0.05, 0) is 42.0 Å². The Hall–Kier alpha value is -2.70. The average Bonchev–Trinajstić information content (AvgIpc) is 3.10. The summed E-state index contributed by atoms with van der Waals surface area (Å²) < 4.78 is 16.1. The molecule has 0 amide bonds. The fraction of sp³-hybridized carbons (Fsp3) is 0.111. The lowest BCUT2D eigenvalue weighted by Gasteiger charge is -2.07. The maximum atomic E-state index is 12.3. The lowest BCUT2D eigenvalue weighted by molar-refractivity contribution is 0.171. The van der Waals surface area contributed by atoms with Crippen LogP contribution in [0.25, 0.3) is 22.0 Å². The van der Waals surface area contributed by atoms with Gasteiger partial charge in [-0.2, -0.15) is 0 Å². The summed E-state index contributed by atoms with van der Waals surface area (Å²) in [6.45, 7) is 0.134. The van der Waals surface area contributed by atoms with E-state index in [4.69, 9.17) is 37.4 Å². The molecule has 1 aromatic heterocycles. The minimum Gasteiger partial charge on any atom is -0.493 e. The predicted octanol–water partition coefficient (Wildman–Crippen LogP) is 4.05. The largest absolute Gasteiger partial charge is 0.493 e. The summed E-state index contributed by atoms with van der Waals surface area (Å²) in [5.41, 5.74) is 0.903. The number of hydrogen-bond donors (Lipinski definition) is 1. The number of aromatic amines is 1. The first-order valence-corrected chi connectivity index (χ1v) is 8.35. The molecule has 132 valence electrons. The monoisotopic (exact) mass is 390 g/mol. The smallest absolute Gasteiger partial charge is 0.259 e. The molecule has 2 heterocycles. The van der Waals surface area contributed by atoms with E-state index < -0.39 is 0 Å². The molecule has 0 unspecified atom stereocenters. The first-order valence-electron chi connectivity index (χ1n) is 7.60. The van der Waals surface area contributed by atoms with Crippen molar-refractivity contribution in [2.45, 2.75) is 0 Å². The number of methoxy groups -OCH3 is 1. The highest BCUT2D eigenvalue weighted by Gasteiger charge is 2.20. The van der Waals surface area contributed by atoms with Gasteiger partial charge in [0.1, 0.15) is 0 Å². The minimum atomic E-state index is -0.317. The van der Waals surface area contributed by atoms with E-state index in [-0.39, 0.29) is 23.2 Å². The van der Waals surface area contributed by atoms with Gasteiger partial charge in [-0.3, -0.25) is 4.79 Å². The van der Waals surface area contributed by atoms with Crippen LogP contribution < -0.4 is 19.8 Å². The molecule has 0 atom stereocenters. The Morgan fingerprint density at radius 1 is 1.31 bits per heavy atom. The van der Waals surface area contributed by atoms with Crippen molar-refractivity contribution < 1.29 is 14.2 Å². The normalized spacial score (nSPS) is 13.3. The standard InChI is InChI=1S/C18H12Cl2N2O4/c1-24-14-5-9(6-15-16(14)26-8-25-15)4-12(20)17-21-13-3-2-10(19)7-11(13)18(23)22-17/h2-7H,8H2,1H3,(H,21,22,23)/b12-4-. The predicted molar refractivity (Wildman–Crippen MR) is 100 cm³/mol. The van der Waals surface area contributed by atoms with E-state index in [1.165, 1.54) is 0 Å². The van der Waals surface area contributed by atoms with Crippen molar-refractivity contribution in [2.75, 3.05) is 13.9 Å². The highest BCUT2D eigenvalue weighted by atomic mass is 35.5. The molecular formula is C18H12Cl2N2O4. The van der Waals surface area contributed by atoms with Crippen LogP contribution in [0.1, 0.15) is 11.4 Å². The number of nitrogens with one attached hydrogen (secondary N) is 1. The molecule has 1 N–H and O–H groups in total. The summed E-state index contributed by atoms with van der Waals surface area (Å²) in [6, 6.07) is 8.43. The first kappa shape index (κ1) is 16.8. The van der Waals surface area contributed by atoms with Crippen LogP contribution in [-0.4, -0.2) is 23.9 Å². The number of ether oxygens (including phenoxy) is 3. The number of nitrogens with zero attached hydrogens (tertiary/aromatic N) is 1. The summed E-state index contributed by atoms with van der Waals surface area (Å²) in [6.07, 6.45) is 1.66. The van der Waals surface area contributed by atoms with Crippen LogP contribution in [0, 0.1) is 0 Å². The molecule has 4 rings (SSSR count). The maximum Gasteiger partial charge on any atom is 0.259 e. The van der Waals surface area contributed by atoms with Gasteiger partial charge in [0.25, 0.3) is 5.56 Å². The topological polar surface area (TPSA) is 73.4 Å². The van der Waals surface area contributed by atoms with E-state index >= 15 is 0 Å². The second kappa shape index (κ2) is 6.55. The van der Waals surface area contributed by atoms with Crippen molar-refractivity contribution in [3.05, 3.63) is 57.1 Å². The third-order valence-corrected chi connectivity index (χ3v) is 4.39. The second-order valence-electron chi connectivity index (χ2n) is 5.53. The molecule has 0 spiro atoms. The Balaban J connectivity index is 1.78. The van der Waals surface area contributed by atoms with Gasteiger partial charge in [-0.15, -0.1) is 0 Å². The van der Waals surface area contributed by atoms with E-state index in [0.29, 0.717) is 33.2 Å². The summed E-state index contributed by atoms with van der Waals surface area (Å²) in [5, 5.41) is 1.13. The van der Waals surface area contributed by atoms with Gasteiger partial charge in [0.05, 0.1) is 23.0 Å². The van der Waals surface area contributed by atoms with E-state index in [9.17, 15) is 4.79 Å². The van der Waals surface area contributed by atoms with Gasteiger partial charge in [-0.25, -0.2) is 4.98 Å². The SMILES string of the molecule is COc1cc(/C=C(\Cl)c2nc3ccc(Cl)cc3c(=O)[nH]2)cc2c1OCO2. The second-order valence-corrected chi connectivity index (χ2v) is 6.37. The highest BCUT2D eigenvalue weighted by molar-refractivity contribution is 6.50. The van der Waals surface area contributed by atoms with Crippen molar-refractivity contribution in [3.63, 3.8) is 0 Å². The van der Waals surface area contributed by atoms with Crippen molar-refractivity contribution >= 4 is 45.2 Å². The van der Waals surface area contributed by atoms with Crippen molar-refractivity contribution in [1.29, 1.82) is 0 Å². The summed E-state index contributed by atoms with van der Waals surface area (Å²) in [7, 11) is 1.54. The molecule has 2 aromatic carbocycles. The Kier molecular flexibility index (Phi) is 4.22. The number of rotatable bonds is 3.